The first-order valence-corrected chi connectivity index (χ1v) is 7.95. The lowest BCUT2D eigenvalue weighted by Crippen LogP contribution is -2.47. The lowest BCUT2D eigenvalue weighted by molar-refractivity contribution is -0.125. The molecule has 6 heteroatoms. The summed E-state index contributed by atoms with van der Waals surface area (Å²) in [6.45, 7) is 1.65. The van der Waals surface area contributed by atoms with E-state index in [4.69, 9.17) is 5.11 Å². The van der Waals surface area contributed by atoms with Crippen molar-refractivity contribution < 1.29 is 19.5 Å². The van der Waals surface area contributed by atoms with Gasteiger partial charge in [0.05, 0.1) is 5.56 Å². The maximum atomic E-state index is 12.6. The number of carboxylic acid groups (broad SMARTS) is 1. The van der Waals surface area contributed by atoms with Gasteiger partial charge in [0.1, 0.15) is 6.04 Å². The van der Waals surface area contributed by atoms with E-state index in [1.807, 2.05) is 24.3 Å². The Bertz CT molecular complexity index is 847. The van der Waals surface area contributed by atoms with E-state index in [2.05, 4.69) is 5.32 Å². The number of carbonyl (C=O) groups is 3. The highest BCUT2D eigenvalue weighted by Gasteiger charge is 2.36. The summed E-state index contributed by atoms with van der Waals surface area (Å²) in [5, 5.41) is 11.8. The van der Waals surface area contributed by atoms with Crippen LogP contribution in [0, 0.1) is 0 Å². The zero-order valence-electron chi connectivity index (χ0n) is 13.7. The summed E-state index contributed by atoms with van der Waals surface area (Å²) in [5.41, 5.74) is 2.59. The SMILES string of the molecule is CC(=O)N1c2ccccc2C[C@H]1C(=O)NCc1cccc(C(=O)O)c1. The number of amides is 2. The van der Waals surface area contributed by atoms with E-state index in [-0.39, 0.29) is 23.9 Å². The Morgan fingerprint density at radius 1 is 1.16 bits per heavy atom. The van der Waals surface area contributed by atoms with E-state index in [0.717, 1.165) is 11.3 Å². The molecule has 1 aliphatic rings. The van der Waals surface area contributed by atoms with Crippen LogP contribution in [-0.2, 0) is 22.6 Å². The number of rotatable bonds is 4. The number of benzene rings is 2. The minimum atomic E-state index is -1.01. The average molecular weight is 338 g/mol. The third-order valence-corrected chi connectivity index (χ3v) is 4.26. The quantitative estimate of drug-likeness (QED) is 0.892. The number of aromatic carboxylic acids is 1. The molecule has 1 atom stereocenters. The Balaban J connectivity index is 1.72. The molecule has 0 fully saturated rings. The number of carboxylic acids is 1. The number of hydrogen-bond donors (Lipinski definition) is 2. The minimum Gasteiger partial charge on any atom is -0.478 e. The largest absolute Gasteiger partial charge is 0.478 e. The van der Waals surface area contributed by atoms with Crippen LogP contribution in [0.5, 0.6) is 0 Å². The van der Waals surface area contributed by atoms with Gasteiger partial charge in [-0.25, -0.2) is 4.79 Å². The molecule has 0 radical (unpaired) electrons. The molecule has 3 rings (SSSR count). The summed E-state index contributed by atoms with van der Waals surface area (Å²) < 4.78 is 0. The van der Waals surface area contributed by atoms with Gasteiger partial charge in [-0.2, -0.15) is 0 Å². The lowest BCUT2D eigenvalue weighted by Gasteiger charge is -2.23. The van der Waals surface area contributed by atoms with Crippen molar-refractivity contribution in [2.45, 2.75) is 25.9 Å². The molecule has 1 heterocycles. The fourth-order valence-corrected chi connectivity index (χ4v) is 3.11. The van der Waals surface area contributed by atoms with Gasteiger partial charge in [-0.1, -0.05) is 30.3 Å². The van der Waals surface area contributed by atoms with E-state index in [1.54, 1.807) is 12.1 Å². The summed E-state index contributed by atoms with van der Waals surface area (Å²) in [6, 6.07) is 13.3. The molecular weight excluding hydrogens is 320 g/mol. The van der Waals surface area contributed by atoms with Crippen molar-refractivity contribution >= 4 is 23.5 Å². The van der Waals surface area contributed by atoms with E-state index in [1.165, 1.54) is 24.0 Å². The molecule has 0 saturated carbocycles. The van der Waals surface area contributed by atoms with Gasteiger partial charge in [-0.05, 0) is 29.3 Å². The fraction of sp³-hybridized carbons (Fsp3) is 0.211. The van der Waals surface area contributed by atoms with E-state index >= 15 is 0 Å². The Labute approximate surface area is 145 Å². The molecule has 2 aromatic rings. The Morgan fingerprint density at radius 2 is 1.92 bits per heavy atom. The van der Waals surface area contributed by atoms with E-state index < -0.39 is 12.0 Å². The lowest BCUT2D eigenvalue weighted by atomic mass is 10.1. The fourth-order valence-electron chi connectivity index (χ4n) is 3.11. The topological polar surface area (TPSA) is 86.7 Å². The van der Waals surface area contributed by atoms with E-state index in [0.29, 0.717) is 12.0 Å². The molecule has 0 aromatic heterocycles. The first-order valence-electron chi connectivity index (χ1n) is 7.95. The third kappa shape index (κ3) is 3.38. The molecule has 0 saturated heterocycles. The van der Waals surface area contributed by atoms with Crippen molar-refractivity contribution in [1.29, 1.82) is 0 Å². The molecule has 0 spiro atoms. The second-order valence-corrected chi connectivity index (χ2v) is 5.96. The number of para-hydroxylation sites is 1. The van der Waals surface area contributed by atoms with Gasteiger partial charge < -0.3 is 10.4 Å². The van der Waals surface area contributed by atoms with Gasteiger partial charge in [0.2, 0.25) is 11.8 Å². The van der Waals surface area contributed by atoms with Gasteiger partial charge in [-0.3, -0.25) is 14.5 Å². The highest BCUT2D eigenvalue weighted by atomic mass is 16.4. The van der Waals surface area contributed by atoms with Crippen molar-refractivity contribution in [3.8, 4) is 0 Å². The first kappa shape index (κ1) is 16.7. The van der Waals surface area contributed by atoms with Crippen molar-refractivity contribution in [2.24, 2.45) is 0 Å². The van der Waals surface area contributed by atoms with Gasteiger partial charge in [0, 0.05) is 25.6 Å². The maximum absolute atomic E-state index is 12.6. The second-order valence-electron chi connectivity index (χ2n) is 5.96. The molecule has 0 aliphatic carbocycles. The average Bonchev–Trinajstić information content (AvgIpc) is 2.99. The summed E-state index contributed by atoms with van der Waals surface area (Å²) >= 11 is 0. The van der Waals surface area contributed by atoms with Crippen molar-refractivity contribution in [3.63, 3.8) is 0 Å². The number of nitrogens with zero attached hydrogens (tertiary/aromatic N) is 1. The maximum Gasteiger partial charge on any atom is 0.335 e. The number of carbonyl (C=O) groups excluding carboxylic acids is 2. The zero-order valence-corrected chi connectivity index (χ0v) is 13.7. The predicted molar refractivity (Wildman–Crippen MR) is 92.3 cm³/mol. The number of hydrogen-bond acceptors (Lipinski definition) is 3. The monoisotopic (exact) mass is 338 g/mol. The molecule has 2 amide bonds. The highest BCUT2D eigenvalue weighted by Crippen LogP contribution is 2.32. The highest BCUT2D eigenvalue weighted by molar-refractivity contribution is 6.02. The molecule has 2 aromatic carbocycles. The molecule has 0 bridgehead atoms. The number of nitrogens with one attached hydrogen (secondary N) is 1. The first-order chi connectivity index (χ1) is 12.0. The molecular formula is C19H18N2O4. The van der Waals surface area contributed by atoms with Crippen molar-refractivity contribution in [2.75, 3.05) is 4.90 Å². The Kier molecular flexibility index (Phi) is 4.52. The van der Waals surface area contributed by atoms with E-state index in [9.17, 15) is 14.4 Å². The summed E-state index contributed by atoms with van der Waals surface area (Å²) in [7, 11) is 0. The van der Waals surface area contributed by atoms with Crippen LogP contribution in [0.1, 0.15) is 28.4 Å². The summed E-state index contributed by atoms with van der Waals surface area (Å²) in [6.07, 6.45) is 0.469. The minimum absolute atomic E-state index is 0.172. The van der Waals surface area contributed by atoms with Gasteiger partial charge >= 0.3 is 5.97 Å². The predicted octanol–water partition coefficient (Wildman–Crippen LogP) is 1.98. The second kappa shape index (κ2) is 6.76. The van der Waals surface area contributed by atoms with Crippen LogP contribution in [-0.4, -0.2) is 28.9 Å². The summed E-state index contributed by atoms with van der Waals surface area (Å²) in [4.78, 5) is 37.1. The van der Waals surface area contributed by atoms with Crippen LogP contribution in [0.3, 0.4) is 0 Å². The Hall–Kier alpha value is -3.15. The molecule has 25 heavy (non-hydrogen) atoms. The van der Waals surface area contributed by atoms with Crippen molar-refractivity contribution in [1.82, 2.24) is 5.32 Å². The zero-order chi connectivity index (χ0) is 18.0. The number of fused-ring (bicyclic) bond motifs is 1. The number of anilines is 1. The molecule has 1 aliphatic heterocycles. The van der Waals surface area contributed by atoms with Crippen LogP contribution in [0.15, 0.2) is 48.5 Å². The van der Waals surface area contributed by atoms with Crippen LogP contribution < -0.4 is 10.2 Å². The van der Waals surface area contributed by atoms with Gasteiger partial charge in [0.15, 0.2) is 0 Å². The molecule has 2 N–H and O–H groups in total. The smallest absolute Gasteiger partial charge is 0.335 e. The molecule has 128 valence electrons. The Morgan fingerprint density at radius 3 is 2.64 bits per heavy atom. The van der Waals surface area contributed by atoms with Crippen LogP contribution in [0.25, 0.3) is 0 Å². The van der Waals surface area contributed by atoms with Crippen LogP contribution in [0.2, 0.25) is 0 Å². The molecule has 6 nitrogen and oxygen atoms in total. The van der Waals surface area contributed by atoms with Gasteiger partial charge in [0.25, 0.3) is 0 Å². The molecule has 0 unspecified atom stereocenters. The van der Waals surface area contributed by atoms with Crippen LogP contribution in [0.4, 0.5) is 5.69 Å². The third-order valence-electron chi connectivity index (χ3n) is 4.26. The van der Waals surface area contributed by atoms with Crippen molar-refractivity contribution in [3.05, 3.63) is 65.2 Å². The van der Waals surface area contributed by atoms with Crippen LogP contribution >= 0.6 is 0 Å². The normalized spacial score (nSPS) is 15.6. The standard InChI is InChI=1S/C19H18N2O4/c1-12(22)21-16-8-3-2-6-14(16)10-17(21)18(23)20-11-13-5-4-7-15(9-13)19(24)25/h2-9,17H,10-11H2,1H3,(H,20,23)(H,24,25)/t17-/m0/s1. The van der Waals surface area contributed by atoms with Gasteiger partial charge in [-0.15, -0.1) is 0 Å². The summed E-state index contributed by atoms with van der Waals surface area (Å²) in [5.74, 6) is -1.45.